The molecule has 2 N–H and O–H groups in total. The number of aromatic nitrogens is 2. The first-order valence-corrected chi connectivity index (χ1v) is 12.9. The van der Waals surface area contributed by atoms with Gasteiger partial charge >= 0.3 is 0 Å². The second-order valence-corrected chi connectivity index (χ2v) is 9.46. The van der Waals surface area contributed by atoms with E-state index in [1.54, 1.807) is 17.1 Å². The van der Waals surface area contributed by atoms with Gasteiger partial charge in [-0.05, 0) is 41.7 Å². The summed E-state index contributed by atoms with van der Waals surface area (Å²) in [5.74, 6) is -0.129. The van der Waals surface area contributed by atoms with Crippen LogP contribution in [0.3, 0.4) is 0 Å². The number of rotatable bonds is 9. The van der Waals surface area contributed by atoms with Gasteiger partial charge in [-0.2, -0.15) is 5.10 Å². The van der Waals surface area contributed by atoms with Crippen molar-refractivity contribution in [3.63, 3.8) is 0 Å². The van der Waals surface area contributed by atoms with Crippen molar-refractivity contribution in [2.24, 2.45) is 11.0 Å². The third-order valence-corrected chi connectivity index (χ3v) is 6.65. The minimum Gasteiger partial charge on any atom is -0.321 e. The third-order valence-electron chi connectivity index (χ3n) is 6.07. The van der Waals surface area contributed by atoms with Gasteiger partial charge in [0.1, 0.15) is 18.0 Å². The number of nitrogens with one attached hydrogen (secondary N) is 1. The number of amides is 1. The van der Waals surface area contributed by atoms with Crippen molar-refractivity contribution in [2.45, 2.75) is 38.1 Å². The van der Waals surface area contributed by atoms with Crippen LogP contribution in [0.1, 0.15) is 46.9 Å². The number of hydrogen-bond acceptors (Lipinski definition) is 7. The van der Waals surface area contributed by atoms with E-state index in [9.17, 15) is 13.8 Å². The lowest BCUT2D eigenvalue weighted by Crippen LogP contribution is -2.41. The molecule has 1 aromatic heterocycles. The maximum Gasteiger partial charge on any atom is 0.275 e. The standard InChI is InChI=1S/C26H27N5O4S/c1-2-20-13-23(16-32)31(30-25(20)21-7-3-19(4-8-21)17-36(34)35)15-18-5-9-22(10-6-18)29-26(33)24-14-27-11-12-28-24/h3-12,14,16,20,23H,2,13,15,17H2,1H3,(H,29,33)(H,34,35). The van der Waals surface area contributed by atoms with Crippen LogP contribution in [-0.4, -0.2) is 47.7 Å². The highest BCUT2D eigenvalue weighted by Crippen LogP contribution is 2.28. The predicted molar refractivity (Wildman–Crippen MR) is 138 cm³/mol. The third kappa shape index (κ3) is 6.27. The Balaban J connectivity index is 1.50. The van der Waals surface area contributed by atoms with Crippen LogP contribution < -0.4 is 5.32 Å². The highest BCUT2D eigenvalue weighted by molar-refractivity contribution is 7.78. The number of hydrogen-bond donors (Lipinski definition) is 2. The maximum atomic E-state index is 12.3. The molecule has 3 atom stereocenters. The Labute approximate surface area is 212 Å². The summed E-state index contributed by atoms with van der Waals surface area (Å²) >= 11 is -1.89. The molecule has 0 fully saturated rings. The Kier molecular flexibility index (Phi) is 8.29. The molecule has 9 nitrogen and oxygen atoms in total. The van der Waals surface area contributed by atoms with Gasteiger partial charge in [-0.3, -0.25) is 14.8 Å². The van der Waals surface area contributed by atoms with Gasteiger partial charge in [-0.25, -0.2) is 9.19 Å². The molecular formula is C26H27N5O4S. The first-order valence-electron chi connectivity index (χ1n) is 11.6. The number of benzene rings is 2. The van der Waals surface area contributed by atoms with E-state index in [4.69, 9.17) is 9.65 Å². The lowest BCUT2D eigenvalue weighted by atomic mass is 9.87. The smallest absolute Gasteiger partial charge is 0.275 e. The molecule has 1 amide bonds. The second-order valence-electron chi connectivity index (χ2n) is 8.53. The average molecular weight is 506 g/mol. The number of carbonyl (C=O) groups excluding carboxylic acids is 2. The Hall–Kier alpha value is -3.76. The molecule has 10 heteroatoms. The average Bonchev–Trinajstić information content (AvgIpc) is 2.90. The minimum absolute atomic E-state index is 0.0818. The molecule has 36 heavy (non-hydrogen) atoms. The molecule has 0 radical (unpaired) electrons. The maximum absolute atomic E-state index is 12.3. The lowest BCUT2D eigenvalue weighted by molar-refractivity contribution is -0.113. The Morgan fingerprint density at radius 3 is 2.47 bits per heavy atom. The van der Waals surface area contributed by atoms with Crippen LogP contribution in [0.15, 0.2) is 72.2 Å². The molecule has 0 bridgehead atoms. The molecule has 0 spiro atoms. The summed E-state index contributed by atoms with van der Waals surface area (Å²) in [5.41, 5.74) is 4.41. The largest absolute Gasteiger partial charge is 0.321 e. The summed E-state index contributed by atoms with van der Waals surface area (Å²) in [4.78, 5) is 32.1. The van der Waals surface area contributed by atoms with Gasteiger partial charge in [0.2, 0.25) is 0 Å². The second kappa shape index (κ2) is 11.8. The summed E-state index contributed by atoms with van der Waals surface area (Å²) in [7, 11) is 0. The van der Waals surface area contributed by atoms with Gasteiger partial charge in [0.15, 0.2) is 11.1 Å². The minimum atomic E-state index is -1.89. The molecule has 3 unspecified atom stereocenters. The van der Waals surface area contributed by atoms with Crippen LogP contribution in [0, 0.1) is 5.92 Å². The van der Waals surface area contributed by atoms with Crippen LogP contribution in [0.2, 0.25) is 0 Å². The number of nitrogens with zero attached hydrogens (tertiary/aromatic N) is 4. The van der Waals surface area contributed by atoms with E-state index in [0.29, 0.717) is 18.7 Å². The number of anilines is 1. The van der Waals surface area contributed by atoms with Gasteiger partial charge in [0.05, 0.1) is 24.2 Å². The van der Waals surface area contributed by atoms with E-state index < -0.39 is 11.1 Å². The molecule has 1 aliphatic heterocycles. The fourth-order valence-electron chi connectivity index (χ4n) is 4.16. The van der Waals surface area contributed by atoms with Crippen molar-refractivity contribution in [3.8, 4) is 0 Å². The van der Waals surface area contributed by atoms with Crippen LogP contribution >= 0.6 is 0 Å². The molecular weight excluding hydrogens is 478 g/mol. The molecule has 0 saturated carbocycles. The molecule has 0 aliphatic carbocycles. The van der Waals surface area contributed by atoms with Crippen molar-refractivity contribution >= 4 is 34.7 Å². The molecule has 1 aliphatic rings. The van der Waals surface area contributed by atoms with E-state index in [1.807, 2.05) is 36.4 Å². The predicted octanol–water partition coefficient (Wildman–Crippen LogP) is 3.65. The number of carbonyl (C=O) groups is 2. The van der Waals surface area contributed by atoms with E-state index in [1.165, 1.54) is 18.6 Å². The zero-order valence-corrected chi connectivity index (χ0v) is 20.6. The van der Waals surface area contributed by atoms with Crippen molar-refractivity contribution in [1.82, 2.24) is 15.0 Å². The highest BCUT2D eigenvalue weighted by Gasteiger charge is 2.30. The summed E-state index contributed by atoms with van der Waals surface area (Å²) in [6.45, 7) is 2.51. The van der Waals surface area contributed by atoms with Gasteiger partial charge < -0.3 is 14.7 Å². The Bertz CT molecular complexity index is 1250. The van der Waals surface area contributed by atoms with Crippen LogP contribution in [0.4, 0.5) is 5.69 Å². The fraction of sp³-hybridized carbons (Fsp3) is 0.269. The summed E-state index contributed by atoms with van der Waals surface area (Å²) in [6, 6.07) is 14.5. The summed E-state index contributed by atoms with van der Waals surface area (Å²) < 4.78 is 20.2. The SMILES string of the molecule is CCC1CC(C=O)N(Cc2ccc(NC(=O)c3cnccn3)cc2)N=C1c1ccc(CS(=O)O)cc1. The highest BCUT2D eigenvalue weighted by atomic mass is 32.2. The monoisotopic (exact) mass is 505 g/mol. The van der Waals surface area contributed by atoms with Gasteiger partial charge in [0, 0.05) is 24.0 Å². The first-order chi connectivity index (χ1) is 17.5. The lowest BCUT2D eigenvalue weighted by Gasteiger charge is -2.35. The van der Waals surface area contributed by atoms with Gasteiger partial charge in [0.25, 0.3) is 5.91 Å². The van der Waals surface area contributed by atoms with Crippen LogP contribution in [0.5, 0.6) is 0 Å². The zero-order chi connectivity index (χ0) is 25.5. The normalized spacial score (nSPS) is 18.3. The van der Waals surface area contributed by atoms with E-state index in [0.717, 1.165) is 35.1 Å². The molecule has 0 saturated heterocycles. The number of aldehydes is 1. The van der Waals surface area contributed by atoms with E-state index in [2.05, 4.69) is 22.2 Å². The molecule has 186 valence electrons. The van der Waals surface area contributed by atoms with Gasteiger partial charge in [-0.1, -0.05) is 43.3 Å². The van der Waals surface area contributed by atoms with Gasteiger partial charge in [-0.15, -0.1) is 0 Å². The zero-order valence-electron chi connectivity index (χ0n) is 19.8. The molecule has 2 aromatic carbocycles. The van der Waals surface area contributed by atoms with Crippen LogP contribution in [-0.2, 0) is 28.2 Å². The van der Waals surface area contributed by atoms with Crippen molar-refractivity contribution in [3.05, 3.63) is 89.5 Å². The Morgan fingerprint density at radius 2 is 1.86 bits per heavy atom. The van der Waals surface area contributed by atoms with Crippen molar-refractivity contribution in [1.29, 1.82) is 0 Å². The van der Waals surface area contributed by atoms with E-state index >= 15 is 0 Å². The van der Waals surface area contributed by atoms with Crippen molar-refractivity contribution < 1.29 is 18.4 Å². The summed E-state index contributed by atoms with van der Waals surface area (Å²) in [6.07, 6.45) is 6.82. The summed E-state index contributed by atoms with van der Waals surface area (Å²) in [5, 5.41) is 9.47. The molecule has 4 rings (SSSR count). The molecule has 3 aromatic rings. The van der Waals surface area contributed by atoms with Crippen molar-refractivity contribution in [2.75, 3.05) is 5.32 Å². The molecule has 2 heterocycles. The quantitative estimate of drug-likeness (QED) is 0.336. The fourth-order valence-corrected chi connectivity index (χ4v) is 4.63. The van der Waals surface area contributed by atoms with E-state index in [-0.39, 0.29) is 29.3 Å². The van der Waals surface area contributed by atoms with Crippen LogP contribution in [0.25, 0.3) is 0 Å². The number of hydrazone groups is 1. The first kappa shape index (κ1) is 25.3. The topological polar surface area (TPSA) is 125 Å². The Morgan fingerprint density at radius 1 is 1.14 bits per heavy atom.